The second-order valence-electron chi connectivity index (χ2n) is 6.09. The predicted molar refractivity (Wildman–Crippen MR) is 99.3 cm³/mol. The highest BCUT2D eigenvalue weighted by Gasteiger charge is 2.15. The van der Waals surface area contributed by atoms with Gasteiger partial charge in [0.2, 0.25) is 5.88 Å². The van der Waals surface area contributed by atoms with Gasteiger partial charge in [0, 0.05) is 41.2 Å². The molecule has 0 atom stereocenters. The van der Waals surface area contributed by atoms with Crippen LogP contribution in [0.2, 0.25) is 0 Å². The lowest BCUT2D eigenvalue weighted by atomic mass is 10.1. The number of benzene rings is 1. The van der Waals surface area contributed by atoms with Crippen LogP contribution in [0.1, 0.15) is 27.0 Å². The number of rotatable bonds is 5. The molecule has 26 heavy (non-hydrogen) atoms. The molecule has 0 spiro atoms. The molecule has 3 heterocycles. The molecule has 128 valence electrons. The van der Waals surface area contributed by atoms with Crippen LogP contribution >= 0.6 is 0 Å². The van der Waals surface area contributed by atoms with Crippen molar-refractivity contribution in [2.45, 2.75) is 13.5 Å². The van der Waals surface area contributed by atoms with E-state index in [9.17, 15) is 4.79 Å². The largest absolute Gasteiger partial charge is 0.473 e. The zero-order valence-electron chi connectivity index (χ0n) is 14.3. The average Bonchev–Trinajstić information content (AvgIpc) is 3.10. The Hall–Kier alpha value is -3.47. The van der Waals surface area contributed by atoms with E-state index in [0.717, 1.165) is 10.9 Å². The molecule has 0 aliphatic carbocycles. The highest BCUT2D eigenvalue weighted by molar-refractivity contribution is 6.15. The Bertz CT molecular complexity index is 1070. The molecule has 1 N–H and O–H groups in total. The van der Waals surface area contributed by atoms with Crippen molar-refractivity contribution in [3.8, 4) is 5.88 Å². The SMILES string of the molecule is Cc1cccc(COc2ccc(C(=O)c3c[nH]c4ncccc34)cn2)c1. The number of hydrogen-bond acceptors (Lipinski definition) is 4. The van der Waals surface area contributed by atoms with Crippen molar-refractivity contribution in [3.05, 3.63) is 89.4 Å². The van der Waals surface area contributed by atoms with Crippen molar-refractivity contribution in [3.63, 3.8) is 0 Å². The number of carbonyl (C=O) groups excluding carboxylic acids is 1. The second-order valence-corrected chi connectivity index (χ2v) is 6.09. The first kappa shape index (κ1) is 16.0. The standard InChI is InChI=1S/C21H17N3O2/c1-14-4-2-5-15(10-14)13-26-19-8-7-16(11-23-19)20(25)18-12-24-21-17(18)6-3-9-22-21/h2-12H,13H2,1H3,(H,22,24). The number of nitrogens with one attached hydrogen (secondary N) is 1. The first-order chi connectivity index (χ1) is 12.7. The summed E-state index contributed by atoms with van der Waals surface area (Å²) in [6.45, 7) is 2.48. The zero-order valence-corrected chi connectivity index (χ0v) is 14.3. The van der Waals surface area contributed by atoms with Crippen LogP contribution in [0.4, 0.5) is 0 Å². The molecule has 0 saturated carbocycles. The third kappa shape index (κ3) is 3.19. The summed E-state index contributed by atoms with van der Waals surface area (Å²) in [7, 11) is 0. The Kier molecular flexibility index (Phi) is 4.19. The minimum Gasteiger partial charge on any atom is -0.473 e. The van der Waals surface area contributed by atoms with Gasteiger partial charge in [-0.25, -0.2) is 9.97 Å². The number of H-pyrrole nitrogens is 1. The number of ether oxygens (including phenoxy) is 1. The molecule has 4 aromatic rings. The van der Waals surface area contributed by atoms with E-state index in [0.29, 0.717) is 29.3 Å². The topological polar surface area (TPSA) is 67.9 Å². The first-order valence-corrected chi connectivity index (χ1v) is 8.32. The van der Waals surface area contributed by atoms with Crippen molar-refractivity contribution in [2.75, 3.05) is 0 Å². The van der Waals surface area contributed by atoms with Gasteiger partial charge >= 0.3 is 0 Å². The lowest BCUT2D eigenvalue weighted by Crippen LogP contribution is -2.02. The Labute approximate surface area is 150 Å². The number of aromatic nitrogens is 3. The van der Waals surface area contributed by atoms with E-state index in [1.165, 1.54) is 5.56 Å². The third-order valence-corrected chi connectivity index (χ3v) is 4.16. The van der Waals surface area contributed by atoms with Crippen LogP contribution in [-0.4, -0.2) is 20.7 Å². The molecule has 0 aliphatic rings. The lowest BCUT2D eigenvalue weighted by molar-refractivity contribution is 0.104. The number of hydrogen-bond donors (Lipinski definition) is 1. The summed E-state index contributed by atoms with van der Waals surface area (Å²) in [5.74, 6) is 0.394. The smallest absolute Gasteiger partial charge is 0.213 e. The normalized spacial score (nSPS) is 10.8. The van der Waals surface area contributed by atoms with Gasteiger partial charge in [0.15, 0.2) is 5.78 Å². The van der Waals surface area contributed by atoms with Crippen molar-refractivity contribution in [2.24, 2.45) is 0 Å². The highest BCUT2D eigenvalue weighted by atomic mass is 16.5. The molecule has 5 nitrogen and oxygen atoms in total. The Morgan fingerprint density at radius 2 is 2.04 bits per heavy atom. The molecule has 0 radical (unpaired) electrons. The van der Waals surface area contributed by atoms with E-state index in [1.807, 2.05) is 37.3 Å². The van der Waals surface area contributed by atoms with Gasteiger partial charge < -0.3 is 9.72 Å². The maximum atomic E-state index is 12.7. The molecule has 0 saturated heterocycles. The fourth-order valence-electron chi connectivity index (χ4n) is 2.86. The van der Waals surface area contributed by atoms with Crippen LogP contribution < -0.4 is 4.74 Å². The molecule has 0 aliphatic heterocycles. The molecule has 0 amide bonds. The maximum Gasteiger partial charge on any atom is 0.213 e. The summed E-state index contributed by atoms with van der Waals surface area (Å²) in [5.41, 5.74) is 4.06. The number of pyridine rings is 2. The van der Waals surface area contributed by atoms with E-state index >= 15 is 0 Å². The molecule has 0 bridgehead atoms. The Balaban J connectivity index is 1.49. The predicted octanol–water partition coefficient (Wildman–Crippen LogP) is 4.08. The number of aromatic amines is 1. The van der Waals surface area contributed by atoms with Gasteiger partial charge in [-0.2, -0.15) is 0 Å². The van der Waals surface area contributed by atoms with E-state index in [4.69, 9.17) is 4.74 Å². The van der Waals surface area contributed by atoms with Gasteiger partial charge in [0.25, 0.3) is 0 Å². The van der Waals surface area contributed by atoms with E-state index in [2.05, 4.69) is 21.0 Å². The molecule has 3 aromatic heterocycles. The van der Waals surface area contributed by atoms with Gasteiger partial charge in [-0.05, 0) is 30.7 Å². The zero-order chi connectivity index (χ0) is 17.9. The van der Waals surface area contributed by atoms with E-state index < -0.39 is 0 Å². The molecular weight excluding hydrogens is 326 g/mol. The van der Waals surface area contributed by atoms with Gasteiger partial charge in [0.05, 0.1) is 0 Å². The minimum absolute atomic E-state index is 0.0954. The number of fused-ring (bicyclic) bond motifs is 1. The summed E-state index contributed by atoms with van der Waals surface area (Å²) in [6, 6.07) is 15.3. The van der Waals surface area contributed by atoms with Gasteiger partial charge in [-0.15, -0.1) is 0 Å². The number of carbonyl (C=O) groups is 1. The summed E-state index contributed by atoms with van der Waals surface area (Å²) in [6.07, 6.45) is 4.92. The molecule has 4 rings (SSSR count). The van der Waals surface area contributed by atoms with E-state index in [1.54, 1.807) is 30.7 Å². The van der Waals surface area contributed by atoms with Crippen LogP contribution in [-0.2, 0) is 6.61 Å². The lowest BCUT2D eigenvalue weighted by Gasteiger charge is -2.06. The van der Waals surface area contributed by atoms with Gasteiger partial charge in [-0.1, -0.05) is 29.8 Å². The molecule has 5 heteroatoms. The molecular formula is C21H17N3O2. The minimum atomic E-state index is -0.0954. The van der Waals surface area contributed by atoms with E-state index in [-0.39, 0.29) is 5.78 Å². The van der Waals surface area contributed by atoms with Crippen LogP contribution in [0.25, 0.3) is 11.0 Å². The molecule has 0 unspecified atom stereocenters. The monoisotopic (exact) mass is 343 g/mol. The summed E-state index contributed by atoms with van der Waals surface area (Å²) in [5, 5.41) is 0.803. The van der Waals surface area contributed by atoms with Crippen LogP contribution in [0.15, 0.2) is 67.1 Å². The second kappa shape index (κ2) is 6.80. The number of nitrogens with zero attached hydrogens (tertiary/aromatic N) is 2. The van der Waals surface area contributed by atoms with Gasteiger partial charge in [0.1, 0.15) is 12.3 Å². The quantitative estimate of drug-likeness (QED) is 0.555. The summed E-state index contributed by atoms with van der Waals surface area (Å²) in [4.78, 5) is 24.2. The highest BCUT2D eigenvalue weighted by Crippen LogP contribution is 2.20. The third-order valence-electron chi connectivity index (χ3n) is 4.16. The fraction of sp³-hybridized carbons (Fsp3) is 0.0952. The number of aryl methyl sites for hydroxylation is 1. The summed E-state index contributed by atoms with van der Waals surface area (Å²) >= 11 is 0. The maximum absolute atomic E-state index is 12.7. The van der Waals surface area contributed by atoms with Crippen molar-refractivity contribution < 1.29 is 9.53 Å². The van der Waals surface area contributed by atoms with Gasteiger partial charge in [-0.3, -0.25) is 4.79 Å². The molecule has 0 fully saturated rings. The fourth-order valence-corrected chi connectivity index (χ4v) is 2.86. The Morgan fingerprint density at radius 1 is 1.12 bits per heavy atom. The molecule has 1 aromatic carbocycles. The first-order valence-electron chi connectivity index (χ1n) is 8.32. The van der Waals surface area contributed by atoms with Crippen LogP contribution in [0.5, 0.6) is 5.88 Å². The van der Waals surface area contributed by atoms with Crippen molar-refractivity contribution >= 4 is 16.8 Å². The average molecular weight is 343 g/mol. The summed E-state index contributed by atoms with van der Waals surface area (Å²) < 4.78 is 5.70. The van der Waals surface area contributed by atoms with Crippen LogP contribution in [0, 0.1) is 6.92 Å². The van der Waals surface area contributed by atoms with Crippen molar-refractivity contribution in [1.82, 2.24) is 15.0 Å². The Morgan fingerprint density at radius 3 is 2.85 bits per heavy atom. The van der Waals surface area contributed by atoms with Crippen LogP contribution in [0.3, 0.4) is 0 Å². The van der Waals surface area contributed by atoms with Crippen molar-refractivity contribution in [1.29, 1.82) is 0 Å². The number of ketones is 1.